The first-order valence-electron chi connectivity index (χ1n) is 7.08. The quantitative estimate of drug-likeness (QED) is 0.765. The number of aryl methyl sites for hydroxylation is 2. The van der Waals surface area contributed by atoms with Crippen molar-refractivity contribution in [2.24, 2.45) is 7.05 Å². The van der Waals surface area contributed by atoms with Gasteiger partial charge in [-0.1, -0.05) is 31.9 Å². The molecule has 2 aromatic rings. The number of rotatable bonds is 7. The van der Waals surface area contributed by atoms with Crippen molar-refractivity contribution < 1.29 is 0 Å². The lowest BCUT2D eigenvalue weighted by atomic mass is 10.1. The molecule has 0 unspecified atom stereocenters. The molecule has 0 saturated heterocycles. The van der Waals surface area contributed by atoms with Crippen LogP contribution in [0.4, 0.5) is 5.69 Å². The molecule has 0 aliphatic rings. The van der Waals surface area contributed by atoms with Gasteiger partial charge in [0.05, 0.1) is 6.20 Å². The van der Waals surface area contributed by atoms with Gasteiger partial charge in [-0.15, -0.1) is 0 Å². The maximum atomic E-state index is 4.16. The first kappa shape index (κ1) is 13.7. The lowest BCUT2D eigenvalue weighted by molar-refractivity contribution is 0.717. The summed E-state index contributed by atoms with van der Waals surface area (Å²) in [4.78, 5) is 0. The summed E-state index contributed by atoms with van der Waals surface area (Å²) in [6, 6.07) is 8.78. The minimum atomic E-state index is 0.822. The summed E-state index contributed by atoms with van der Waals surface area (Å²) in [6.07, 6.45) is 9.01. The molecule has 0 aliphatic heterocycles. The van der Waals surface area contributed by atoms with E-state index in [-0.39, 0.29) is 0 Å². The van der Waals surface area contributed by atoms with E-state index >= 15 is 0 Å². The molecule has 0 spiro atoms. The van der Waals surface area contributed by atoms with Crippen LogP contribution in [0.1, 0.15) is 37.3 Å². The Hall–Kier alpha value is -1.77. The van der Waals surface area contributed by atoms with Gasteiger partial charge >= 0.3 is 0 Å². The van der Waals surface area contributed by atoms with Crippen LogP contribution in [0, 0.1) is 0 Å². The number of nitrogens with zero attached hydrogens (tertiary/aromatic N) is 2. The Bertz CT molecular complexity index is 485. The molecular weight excluding hydrogens is 234 g/mol. The van der Waals surface area contributed by atoms with Crippen LogP contribution in [0.2, 0.25) is 0 Å². The number of aromatic nitrogens is 2. The summed E-state index contributed by atoms with van der Waals surface area (Å²) in [5, 5.41) is 7.58. The fraction of sp³-hybridized carbons (Fsp3) is 0.438. The monoisotopic (exact) mass is 257 g/mol. The second kappa shape index (κ2) is 6.98. The molecule has 0 radical (unpaired) electrons. The lowest BCUT2D eigenvalue weighted by Crippen LogP contribution is -1.98. The van der Waals surface area contributed by atoms with E-state index in [4.69, 9.17) is 0 Å². The minimum absolute atomic E-state index is 0.822. The van der Waals surface area contributed by atoms with Crippen LogP contribution in [0.3, 0.4) is 0 Å². The number of unbranched alkanes of at least 4 members (excludes halogenated alkanes) is 2. The molecule has 0 aliphatic carbocycles. The zero-order valence-corrected chi connectivity index (χ0v) is 11.9. The van der Waals surface area contributed by atoms with Gasteiger partial charge in [0, 0.05) is 31.0 Å². The first-order chi connectivity index (χ1) is 9.28. The van der Waals surface area contributed by atoms with Crippen molar-refractivity contribution in [3.63, 3.8) is 0 Å². The van der Waals surface area contributed by atoms with Crippen LogP contribution >= 0.6 is 0 Å². The number of hydrogen-bond acceptors (Lipinski definition) is 2. The molecule has 0 atom stereocenters. The van der Waals surface area contributed by atoms with Crippen molar-refractivity contribution in [2.75, 3.05) is 5.32 Å². The molecule has 1 aromatic heterocycles. The SMILES string of the molecule is CCCCCc1ccc(NCc2cnn(C)c2)cc1. The van der Waals surface area contributed by atoms with Gasteiger partial charge in [-0.2, -0.15) is 5.10 Å². The molecule has 19 heavy (non-hydrogen) atoms. The highest BCUT2D eigenvalue weighted by atomic mass is 15.2. The first-order valence-corrected chi connectivity index (χ1v) is 7.08. The smallest absolute Gasteiger partial charge is 0.0539 e. The molecule has 1 N–H and O–H groups in total. The van der Waals surface area contributed by atoms with Gasteiger partial charge in [-0.3, -0.25) is 4.68 Å². The average Bonchev–Trinajstić information content (AvgIpc) is 2.84. The minimum Gasteiger partial charge on any atom is -0.381 e. The van der Waals surface area contributed by atoms with Gasteiger partial charge in [0.2, 0.25) is 0 Å². The lowest BCUT2D eigenvalue weighted by Gasteiger charge is -2.06. The number of hydrogen-bond donors (Lipinski definition) is 1. The Morgan fingerprint density at radius 3 is 2.53 bits per heavy atom. The summed E-state index contributed by atoms with van der Waals surface area (Å²) in [7, 11) is 1.94. The molecule has 0 bridgehead atoms. The standard InChI is InChI=1S/C16H23N3/c1-3-4-5-6-14-7-9-16(10-8-14)17-11-15-12-18-19(2)13-15/h7-10,12-13,17H,3-6,11H2,1-2H3. The summed E-state index contributed by atoms with van der Waals surface area (Å²) in [5.74, 6) is 0. The van der Waals surface area contributed by atoms with Crippen molar-refractivity contribution in [1.82, 2.24) is 9.78 Å². The predicted octanol–water partition coefficient (Wildman–Crippen LogP) is 3.76. The molecule has 0 saturated carbocycles. The summed E-state index contributed by atoms with van der Waals surface area (Å²) < 4.78 is 1.83. The van der Waals surface area contributed by atoms with E-state index in [1.165, 1.54) is 42.5 Å². The van der Waals surface area contributed by atoms with Gasteiger partial charge in [-0.05, 0) is 30.5 Å². The Morgan fingerprint density at radius 2 is 1.89 bits per heavy atom. The molecular formula is C16H23N3. The highest BCUT2D eigenvalue weighted by Gasteiger charge is 1.97. The molecule has 0 amide bonds. The number of anilines is 1. The third-order valence-corrected chi connectivity index (χ3v) is 3.28. The highest BCUT2D eigenvalue weighted by Crippen LogP contribution is 2.13. The van der Waals surface area contributed by atoms with E-state index < -0.39 is 0 Å². The van der Waals surface area contributed by atoms with Crippen molar-refractivity contribution in [1.29, 1.82) is 0 Å². The van der Waals surface area contributed by atoms with Crippen LogP contribution in [-0.4, -0.2) is 9.78 Å². The largest absolute Gasteiger partial charge is 0.381 e. The van der Waals surface area contributed by atoms with Crippen LogP contribution in [0.25, 0.3) is 0 Å². The van der Waals surface area contributed by atoms with Crippen molar-refractivity contribution >= 4 is 5.69 Å². The van der Waals surface area contributed by atoms with Gasteiger partial charge < -0.3 is 5.32 Å². The number of benzene rings is 1. The predicted molar refractivity (Wildman–Crippen MR) is 80.2 cm³/mol. The van der Waals surface area contributed by atoms with E-state index in [0.29, 0.717) is 0 Å². The van der Waals surface area contributed by atoms with Gasteiger partial charge in [-0.25, -0.2) is 0 Å². The Labute approximate surface area is 115 Å². The molecule has 3 nitrogen and oxygen atoms in total. The summed E-state index contributed by atoms with van der Waals surface area (Å²) in [6.45, 7) is 3.06. The van der Waals surface area contributed by atoms with E-state index in [0.717, 1.165) is 6.54 Å². The average molecular weight is 257 g/mol. The second-order valence-electron chi connectivity index (χ2n) is 5.03. The topological polar surface area (TPSA) is 29.9 Å². The van der Waals surface area contributed by atoms with Crippen LogP contribution in [-0.2, 0) is 20.0 Å². The number of nitrogens with one attached hydrogen (secondary N) is 1. The van der Waals surface area contributed by atoms with Crippen LogP contribution in [0.5, 0.6) is 0 Å². The molecule has 102 valence electrons. The molecule has 2 rings (SSSR count). The molecule has 1 heterocycles. The van der Waals surface area contributed by atoms with Gasteiger partial charge in [0.15, 0.2) is 0 Å². The maximum Gasteiger partial charge on any atom is 0.0539 e. The highest BCUT2D eigenvalue weighted by molar-refractivity contribution is 5.45. The molecule has 3 heteroatoms. The Morgan fingerprint density at radius 1 is 1.11 bits per heavy atom. The summed E-state index contributed by atoms with van der Waals surface area (Å²) in [5.41, 5.74) is 3.80. The normalized spacial score (nSPS) is 10.6. The van der Waals surface area contributed by atoms with E-state index in [1.807, 2.05) is 24.1 Å². The maximum absolute atomic E-state index is 4.16. The van der Waals surface area contributed by atoms with Crippen molar-refractivity contribution in [3.05, 3.63) is 47.8 Å². The Balaban J connectivity index is 1.81. The zero-order chi connectivity index (χ0) is 13.5. The van der Waals surface area contributed by atoms with Gasteiger partial charge in [0.25, 0.3) is 0 Å². The van der Waals surface area contributed by atoms with Crippen molar-refractivity contribution in [3.8, 4) is 0 Å². The van der Waals surface area contributed by atoms with E-state index in [9.17, 15) is 0 Å². The molecule has 1 aromatic carbocycles. The van der Waals surface area contributed by atoms with E-state index in [2.05, 4.69) is 41.6 Å². The van der Waals surface area contributed by atoms with Crippen LogP contribution in [0.15, 0.2) is 36.7 Å². The fourth-order valence-corrected chi connectivity index (χ4v) is 2.14. The van der Waals surface area contributed by atoms with Crippen molar-refractivity contribution in [2.45, 2.75) is 39.2 Å². The third kappa shape index (κ3) is 4.43. The van der Waals surface area contributed by atoms with Gasteiger partial charge in [0.1, 0.15) is 0 Å². The summed E-state index contributed by atoms with van der Waals surface area (Å²) >= 11 is 0. The molecule has 0 fully saturated rings. The fourth-order valence-electron chi connectivity index (χ4n) is 2.14. The van der Waals surface area contributed by atoms with Crippen LogP contribution < -0.4 is 5.32 Å². The second-order valence-corrected chi connectivity index (χ2v) is 5.03. The Kier molecular flexibility index (Phi) is 5.01. The zero-order valence-electron chi connectivity index (χ0n) is 11.9. The van der Waals surface area contributed by atoms with E-state index in [1.54, 1.807) is 0 Å². The third-order valence-electron chi connectivity index (χ3n) is 3.28.